The molecule has 1 N–H and O–H groups in total. The van der Waals surface area contributed by atoms with Crippen LogP contribution in [-0.2, 0) is 10.0 Å². The Labute approximate surface area is 137 Å². The molecule has 21 heavy (non-hydrogen) atoms. The number of piperidine rings is 1. The summed E-state index contributed by atoms with van der Waals surface area (Å²) < 4.78 is 27.6. The maximum absolute atomic E-state index is 12.9. The van der Waals surface area contributed by atoms with Gasteiger partial charge in [-0.05, 0) is 47.2 Å². The van der Waals surface area contributed by atoms with E-state index in [0.717, 1.165) is 17.8 Å². The van der Waals surface area contributed by atoms with Crippen molar-refractivity contribution in [2.45, 2.75) is 38.1 Å². The summed E-state index contributed by atoms with van der Waals surface area (Å²) in [4.78, 5) is 11.1. The Morgan fingerprint density at radius 1 is 1.43 bits per heavy atom. The van der Waals surface area contributed by atoms with Gasteiger partial charge >= 0.3 is 5.97 Å². The summed E-state index contributed by atoms with van der Waals surface area (Å²) in [5.41, 5.74) is 0. The predicted octanol–water partition coefficient (Wildman–Crippen LogP) is 3.26. The second-order valence-corrected chi connectivity index (χ2v) is 9.92. The molecule has 3 atom stereocenters. The quantitative estimate of drug-likeness (QED) is 0.851. The molecule has 0 amide bonds. The molecule has 1 fully saturated rings. The Morgan fingerprint density at radius 2 is 2.05 bits per heavy atom. The largest absolute Gasteiger partial charge is 0.477 e. The average Bonchev–Trinajstić information content (AvgIpc) is 2.76. The van der Waals surface area contributed by atoms with Crippen molar-refractivity contribution in [1.82, 2.24) is 4.31 Å². The monoisotopic (exact) mass is 395 g/mol. The first-order valence-corrected chi connectivity index (χ1v) is 9.74. The minimum atomic E-state index is -3.69. The van der Waals surface area contributed by atoms with Gasteiger partial charge in [0.05, 0.1) is 3.79 Å². The first-order chi connectivity index (χ1) is 9.64. The van der Waals surface area contributed by atoms with E-state index in [9.17, 15) is 13.2 Å². The van der Waals surface area contributed by atoms with Crippen LogP contribution in [0.3, 0.4) is 0 Å². The standard InChI is InChI=1S/C13H18BrNO4S2/c1-7-4-8(2)9(3)15(6-7)21(18,19)11-5-10(13(16)17)20-12(11)14/h5,7-9H,4,6H2,1-3H3,(H,16,17). The van der Waals surface area contributed by atoms with Crippen LogP contribution < -0.4 is 0 Å². The highest BCUT2D eigenvalue weighted by atomic mass is 79.9. The van der Waals surface area contributed by atoms with Crippen LogP contribution in [0.5, 0.6) is 0 Å². The number of sulfonamides is 1. The molecule has 0 radical (unpaired) electrons. The molecule has 1 aliphatic rings. The second-order valence-electron chi connectivity index (χ2n) is 5.69. The van der Waals surface area contributed by atoms with E-state index >= 15 is 0 Å². The van der Waals surface area contributed by atoms with Crippen molar-refractivity contribution < 1.29 is 18.3 Å². The van der Waals surface area contributed by atoms with Crippen LogP contribution in [0.1, 0.15) is 36.9 Å². The zero-order chi connectivity index (χ0) is 15.9. The highest BCUT2D eigenvalue weighted by Crippen LogP contribution is 2.37. The Morgan fingerprint density at radius 3 is 2.57 bits per heavy atom. The molecule has 2 rings (SSSR count). The Kier molecular flexibility index (Phi) is 4.82. The molecule has 1 saturated heterocycles. The third-order valence-electron chi connectivity index (χ3n) is 4.00. The second kappa shape index (κ2) is 5.98. The summed E-state index contributed by atoms with van der Waals surface area (Å²) in [5.74, 6) is -0.544. The Bertz CT molecular complexity index is 655. The molecular weight excluding hydrogens is 378 g/mol. The van der Waals surface area contributed by atoms with Crippen molar-refractivity contribution >= 4 is 43.3 Å². The molecule has 8 heteroatoms. The normalized spacial score (nSPS) is 27.7. The fourth-order valence-corrected chi connectivity index (χ4v) is 6.94. The van der Waals surface area contributed by atoms with E-state index in [2.05, 4.69) is 15.9 Å². The molecule has 0 bridgehead atoms. The van der Waals surface area contributed by atoms with Gasteiger partial charge in [0.2, 0.25) is 10.0 Å². The zero-order valence-corrected chi connectivity index (χ0v) is 15.3. The molecule has 3 unspecified atom stereocenters. The molecule has 118 valence electrons. The van der Waals surface area contributed by atoms with E-state index in [-0.39, 0.29) is 21.7 Å². The molecule has 2 heterocycles. The molecule has 0 saturated carbocycles. The number of carbonyl (C=O) groups is 1. The lowest BCUT2D eigenvalue weighted by molar-refractivity contribution is 0.0702. The first-order valence-electron chi connectivity index (χ1n) is 6.69. The van der Waals surface area contributed by atoms with E-state index in [1.165, 1.54) is 10.4 Å². The third kappa shape index (κ3) is 3.18. The van der Waals surface area contributed by atoms with Gasteiger partial charge in [-0.3, -0.25) is 0 Å². The van der Waals surface area contributed by atoms with E-state index < -0.39 is 16.0 Å². The number of carboxylic acid groups (broad SMARTS) is 1. The van der Waals surface area contributed by atoms with Gasteiger partial charge in [-0.15, -0.1) is 11.3 Å². The average molecular weight is 396 g/mol. The van der Waals surface area contributed by atoms with Crippen molar-refractivity contribution in [3.63, 3.8) is 0 Å². The molecule has 0 aromatic carbocycles. The van der Waals surface area contributed by atoms with Gasteiger partial charge in [0.1, 0.15) is 9.77 Å². The molecule has 0 aliphatic carbocycles. The van der Waals surface area contributed by atoms with Gasteiger partial charge < -0.3 is 5.11 Å². The lowest BCUT2D eigenvalue weighted by Gasteiger charge is -2.39. The van der Waals surface area contributed by atoms with Crippen molar-refractivity contribution in [2.75, 3.05) is 6.54 Å². The Hall–Kier alpha value is -0.440. The number of hydrogen-bond donors (Lipinski definition) is 1. The number of hydrogen-bond acceptors (Lipinski definition) is 4. The van der Waals surface area contributed by atoms with Crippen LogP contribution >= 0.6 is 27.3 Å². The van der Waals surface area contributed by atoms with Gasteiger partial charge in [0.25, 0.3) is 0 Å². The lowest BCUT2D eigenvalue weighted by Crippen LogP contribution is -2.48. The first kappa shape index (κ1) is 16.9. The lowest BCUT2D eigenvalue weighted by atomic mass is 9.88. The SMILES string of the molecule is CC1CC(C)C(C)N(S(=O)(=O)c2cc(C(=O)O)sc2Br)C1. The van der Waals surface area contributed by atoms with Crippen molar-refractivity contribution in [3.8, 4) is 0 Å². The van der Waals surface area contributed by atoms with E-state index in [4.69, 9.17) is 5.11 Å². The minimum Gasteiger partial charge on any atom is -0.477 e. The number of carboxylic acids is 1. The van der Waals surface area contributed by atoms with Crippen molar-refractivity contribution in [2.24, 2.45) is 11.8 Å². The van der Waals surface area contributed by atoms with Gasteiger partial charge in [-0.2, -0.15) is 4.31 Å². The van der Waals surface area contributed by atoms with E-state index in [1.54, 1.807) is 0 Å². The van der Waals surface area contributed by atoms with Crippen LogP contribution in [0, 0.1) is 11.8 Å². The summed E-state index contributed by atoms with van der Waals surface area (Å²) in [6.07, 6.45) is 0.998. The number of rotatable bonds is 3. The summed E-state index contributed by atoms with van der Waals surface area (Å²) >= 11 is 4.11. The van der Waals surface area contributed by atoms with Crippen molar-refractivity contribution in [1.29, 1.82) is 0 Å². The highest BCUT2D eigenvalue weighted by Gasteiger charge is 2.38. The topological polar surface area (TPSA) is 74.7 Å². The van der Waals surface area contributed by atoms with Crippen molar-refractivity contribution in [3.05, 3.63) is 14.7 Å². The summed E-state index contributed by atoms with van der Waals surface area (Å²) in [6, 6.07) is 1.15. The number of thiophene rings is 1. The number of nitrogens with zero attached hydrogens (tertiary/aromatic N) is 1. The molecule has 5 nitrogen and oxygen atoms in total. The van der Waals surface area contributed by atoms with Gasteiger partial charge in [0.15, 0.2) is 0 Å². The fraction of sp³-hybridized carbons (Fsp3) is 0.615. The van der Waals surface area contributed by atoms with Gasteiger partial charge in [-0.25, -0.2) is 13.2 Å². The molecule has 1 aromatic rings. The minimum absolute atomic E-state index is 0.0196. The van der Waals surface area contributed by atoms with E-state index in [1.807, 2.05) is 20.8 Å². The maximum atomic E-state index is 12.9. The molecule has 1 aliphatic heterocycles. The smallest absolute Gasteiger partial charge is 0.345 e. The summed E-state index contributed by atoms with van der Waals surface area (Å²) in [6.45, 7) is 6.47. The Balaban J connectivity index is 2.44. The summed E-state index contributed by atoms with van der Waals surface area (Å²) in [7, 11) is -3.69. The summed E-state index contributed by atoms with van der Waals surface area (Å²) in [5, 5.41) is 9.02. The van der Waals surface area contributed by atoms with Gasteiger partial charge in [0, 0.05) is 12.6 Å². The predicted molar refractivity (Wildman–Crippen MR) is 85.3 cm³/mol. The number of aromatic carboxylic acids is 1. The third-order valence-corrected chi connectivity index (χ3v) is 8.19. The van der Waals surface area contributed by atoms with E-state index in [0.29, 0.717) is 16.2 Å². The van der Waals surface area contributed by atoms with Crippen LogP contribution in [-0.4, -0.2) is 36.4 Å². The number of halogens is 1. The van der Waals surface area contributed by atoms with Crippen LogP contribution in [0.25, 0.3) is 0 Å². The zero-order valence-electron chi connectivity index (χ0n) is 12.0. The molecular formula is C13H18BrNO4S2. The molecule has 1 aromatic heterocycles. The van der Waals surface area contributed by atoms with Crippen LogP contribution in [0.15, 0.2) is 14.7 Å². The fourth-order valence-electron chi connectivity index (χ4n) is 2.74. The van der Waals surface area contributed by atoms with Crippen LogP contribution in [0.2, 0.25) is 0 Å². The molecule has 0 spiro atoms. The maximum Gasteiger partial charge on any atom is 0.345 e. The highest BCUT2D eigenvalue weighted by molar-refractivity contribution is 9.11. The van der Waals surface area contributed by atoms with Gasteiger partial charge in [-0.1, -0.05) is 13.8 Å². The van der Waals surface area contributed by atoms with Crippen LogP contribution in [0.4, 0.5) is 0 Å².